The maximum absolute atomic E-state index is 12.5. The molecule has 0 fully saturated rings. The van der Waals surface area contributed by atoms with Crippen molar-refractivity contribution >= 4 is 27.4 Å². The molecule has 0 saturated carbocycles. The summed E-state index contributed by atoms with van der Waals surface area (Å²) in [6, 6.07) is 10.6. The standard InChI is InChI=1S/C16H16BrNO3/c1-20-11-3-5-14(17)10(7-11)8-16(19)13-9-12(21-2)4-6-15(13)18/h3-7,9H,8,18H2,1-2H3. The van der Waals surface area contributed by atoms with Crippen LogP contribution in [0.5, 0.6) is 11.5 Å². The topological polar surface area (TPSA) is 61.5 Å². The smallest absolute Gasteiger partial charge is 0.169 e. The molecule has 4 nitrogen and oxygen atoms in total. The van der Waals surface area contributed by atoms with Gasteiger partial charge in [0.15, 0.2) is 5.78 Å². The molecule has 2 aromatic rings. The van der Waals surface area contributed by atoms with Gasteiger partial charge in [0.2, 0.25) is 0 Å². The fourth-order valence-electron chi connectivity index (χ4n) is 1.99. The minimum Gasteiger partial charge on any atom is -0.497 e. The van der Waals surface area contributed by atoms with Crippen LogP contribution < -0.4 is 15.2 Å². The third-order valence-corrected chi connectivity index (χ3v) is 3.94. The van der Waals surface area contributed by atoms with Gasteiger partial charge in [0.25, 0.3) is 0 Å². The Bertz CT molecular complexity index is 671. The van der Waals surface area contributed by atoms with Gasteiger partial charge in [0.05, 0.1) is 14.2 Å². The van der Waals surface area contributed by atoms with Crippen molar-refractivity contribution in [1.82, 2.24) is 0 Å². The second-order valence-corrected chi connectivity index (χ2v) is 5.36. The Labute approximate surface area is 132 Å². The van der Waals surface area contributed by atoms with E-state index < -0.39 is 0 Å². The van der Waals surface area contributed by atoms with Gasteiger partial charge in [-0.1, -0.05) is 15.9 Å². The summed E-state index contributed by atoms with van der Waals surface area (Å²) in [6.45, 7) is 0. The molecule has 0 heterocycles. The fraction of sp³-hybridized carbons (Fsp3) is 0.188. The lowest BCUT2D eigenvalue weighted by atomic mass is 10.0. The zero-order valence-corrected chi connectivity index (χ0v) is 13.4. The zero-order valence-electron chi connectivity index (χ0n) is 11.9. The first kappa shape index (κ1) is 15.4. The van der Waals surface area contributed by atoms with Gasteiger partial charge in [-0.2, -0.15) is 0 Å². The Morgan fingerprint density at radius 3 is 2.38 bits per heavy atom. The second-order valence-electron chi connectivity index (χ2n) is 4.51. The minimum atomic E-state index is -0.0691. The van der Waals surface area contributed by atoms with Crippen LogP contribution in [0.15, 0.2) is 40.9 Å². The van der Waals surface area contributed by atoms with Crippen LogP contribution in [0.3, 0.4) is 0 Å². The monoisotopic (exact) mass is 349 g/mol. The SMILES string of the molecule is COc1ccc(Br)c(CC(=O)c2cc(OC)ccc2N)c1. The van der Waals surface area contributed by atoms with Crippen LogP contribution >= 0.6 is 15.9 Å². The Morgan fingerprint density at radius 1 is 1.10 bits per heavy atom. The summed E-state index contributed by atoms with van der Waals surface area (Å²) in [5.74, 6) is 1.25. The first-order valence-corrected chi connectivity index (χ1v) is 7.13. The average molecular weight is 350 g/mol. The van der Waals surface area contributed by atoms with Crippen molar-refractivity contribution < 1.29 is 14.3 Å². The van der Waals surface area contributed by atoms with E-state index in [4.69, 9.17) is 15.2 Å². The number of nitrogen functional groups attached to an aromatic ring is 1. The number of rotatable bonds is 5. The van der Waals surface area contributed by atoms with Gasteiger partial charge in [-0.15, -0.1) is 0 Å². The lowest BCUT2D eigenvalue weighted by Crippen LogP contribution is -2.08. The first-order chi connectivity index (χ1) is 10.0. The summed E-state index contributed by atoms with van der Waals surface area (Å²) in [4.78, 5) is 12.5. The largest absolute Gasteiger partial charge is 0.497 e. The van der Waals surface area contributed by atoms with Crippen molar-refractivity contribution in [3.63, 3.8) is 0 Å². The van der Waals surface area contributed by atoms with Crippen LogP contribution in [0.4, 0.5) is 5.69 Å². The molecule has 5 heteroatoms. The van der Waals surface area contributed by atoms with E-state index in [-0.39, 0.29) is 12.2 Å². The molecule has 2 N–H and O–H groups in total. The molecule has 0 aliphatic heterocycles. The fourth-order valence-corrected chi connectivity index (χ4v) is 2.37. The number of ether oxygens (including phenoxy) is 2. The highest BCUT2D eigenvalue weighted by Crippen LogP contribution is 2.26. The Hall–Kier alpha value is -2.01. The third kappa shape index (κ3) is 3.55. The number of carbonyl (C=O) groups is 1. The van der Waals surface area contributed by atoms with E-state index in [1.54, 1.807) is 32.4 Å². The van der Waals surface area contributed by atoms with E-state index in [1.165, 1.54) is 0 Å². The van der Waals surface area contributed by atoms with Crippen molar-refractivity contribution in [1.29, 1.82) is 0 Å². The van der Waals surface area contributed by atoms with Gasteiger partial charge in [-0.25, -0.2) is 0 Å². The highest BCUT2D eigenvalue weighted by molar-refractivity contribution is 9.10. The van der Waals surface area contributed by atoms with E-state index in [2.05, 4.69) is 15.9 Å². The molecular weight excluding hydrogens is 334 g/mol. The second kappa shape index (κ2) is 6.63. The van der Waals surface area contributed by atoms with E-state index in [0.29, 0.717) is 22.7 Å². The lowest BCUT2D eigenvalue weighted by molar-refractivity contribution is 0.0993. The minimum absolute atomic E-state index is 0.0691. The maximum Gasteiger partial charge on any atom is 0.169 e. The molecule has 0 saturated heterocycles. The van der Waals surface area contributed by atoms with Crippen molar-refractivity contribution in [2.24, 2.45) is 0 Å². The van der Waals surface area contributed by atoms with Gasteiger partial charge in [0.1, 0.15) is 11.5 Å². The number of benzene rings is 2. The number of halogens is 1. The van der Waals surface area contributed by atoms with Gasteiger partial charge in [0, 0.05) is 22.1 Å². The van der Waals surface area contributed by atoms with Gasteiger partial charge in [-0.05, 0) is 42.0 Å². The molecule has 2 aromatic carbocycles. The number of ketones is 1. The maximum atomic E-state index is 12.5. The number of Topliss-reactive ketones (excluding diaryl/α,β-unsaturated/α-hetero) is 1. The van der Waals surface area contributed by atoms with E-state index in [0.717, 1.165) is 10.0 Å². The lowest BCUT2D eigenvalue weighted by Gasteiger charge is -2.09. The van der Waals surface area contributed by atoms with Crippen molar-refractivity contribution in [3.8, 4) is 11.5 Å². The third-order valence-electron chi connectivity index (χ3n) is 3.16. The Balaban J connectivity index is 2.29. The highest BCUT2D eigenvalue weighted by atomic mass is 79.9. The van der Waals surface area contributed by atoms with E-state index >= 15 is 0 Å². The molecule has 0 amide bonds. The predicted molar refractivity (Wildman–Crippen MR) is 86.1 cm³/mol. The molecule has 0 aliphatic carbocycles. The molecule has 2 rings (SSSR count). The van der Waals surface area contributed by atoms with Crippen molar-refractivity contribution in [3.05, 3.63) is 52.0 Å². The van der Waals surface area contributed by atoms with Crippen LogP contribution in [0.2, 0.25) is 0 Å². The highest BCUT2D eigenvalue weighted by Gasteiger charge is 2.14. The van der Waals surface area contributed by atoms with Gasteiger partial charge >= 0.3 is 0 Å². The molecular formula is C16H16BrNO3. The quantitative estimate of drug-likeness (QED) is 0.663. The van der Waals surface area contributed by atoms with E-state index in [9.17, 15) is 4.79 Å². The molecule has 0 aromatic heterocycles. The van der Waals surface area contributed by atoms with Crippen molar-refractivity contribution in [2.75, 3.05) is 20.0 Å². The van der Waals surface area contributed by atoms with Crippen LogP contribution in [-0.4, -0.2) is 20.0 Å². The summed E-state index contributed by atoms with van der Waals surface area (Å²) in [5.41, 5.74) is 7.64. The molecule has 0 unspecified atom stereocenters. The van der Waals surface area contributed by atoms with Crippen LogP contribution in [-0.2, 0) is 6.42 Å². The number of methoxy groups -OCH3 is 2. The van der Waals surface area contributed by atoms with Gasteiger partial charge < -0.3 is 15.2 Å². The van der Waals surface area contributed by atoms with Crippen LogP contribution in [0.1, 0.15) is 15.9 Å². The average Bonchev–Trinajstić information content (AvgIpc) is 2.49. The number of anilines is 1. The van der Waals surface area contributed by atoms with Gasteiger partial charge in [-0.3, -0.25) is 4.79 Å². The molecule has 0 spiro atoms. The summed E-state index contributed by atoms with van der Waals surface area (Å²) < 4.78 is 11.2. The number of hydrogen-bond donors (Lipinski definition) is 1. The predicted octanol–water partition coefficient (Wildman–Crippen LogP) is 3.47. The van der Waals surface area contributed by atoms with Crippen molar-refractivity contribution in [2.45, 2.75) is 6.42 Å². The Kier molecular flexibility index (Phi) is 4.85. The molecule has 21 heavy (non-hydrogen) atoms. The summed E-state index contributed by atoms with van der Waals surface area (Å²) in [7, 11) is 3.15. The molecule has 0 atom stereocenters. The summed E-state index contributed by atoms with van der Waals surface area (Å²) in [6.07, 6.45) is 0.231. The number of carbonyl (C=O) groups excluding carboxylic acids is 1. The first-order valence-electron chi connectivity index (χ1n) is 6.34. The summed E-state index contributed by atoms with van der Waals surface area (Å²) >= 11 is 3.44. The van der Waals surface area contributed by atoms with Crippen LogP contribution in [0.25, 0.3) is 0 Å². The van der Waals surface area contributed by atoms with Crippen LogP contribution in [0, 0.1) is 0 Å². The normalized spacial score (nSPS) is 10.2. The molecule has 0 aliphatic rings. The zero-order chi connectivity index (χ0) is 15.4. The number of hydrogen-bond acceptors (Lipinski definition) is 4. The summed E-state index contributed by atoms with van der Waals surface area (Å²) in [5, 5.41) is 0. The Morgan fingerprint density at radius 2 is 1.71 bits per heavy atom. The van der Waals surface area contributed by atoms with E-state index in [1.807, 2.05) is 18.2 Å². The molecule has 0 radical (unpaired) electrons. The number of nitrogens with two attached hydrogens (primary N) is 1. The molecule has 0 bridgehead atoms. The molecule has 110 valence electrons.